The maximum Gasteiger partial charge on any atom is 0.243 e. The monoisotopic (exact) mass is 295 g/mol. The Balaban J connectivity index is 2.29. The van der Waals surface area contributed by atoms with Crippen molar-refractivity contribution in [3.63, 3.8) is 0 Å². The van der Waals surface area contributed by atoms with Gasteiger partial charge in [0.05, 0.1) is 0 Å². The molecule has 0 aliphatic rings. The molecule has 1 aromatic carbocycles. The number of carbonyl (C=O) groups excluding carboxylic acids is 1. The van der Waals surface area contributed by atoms with E-state index in [0.29, 0.717) is 5.82 Å². The molecule has 88 valence electrons. The van der Waals surface area contributed by atoms with Crippen molar-refractivity contribution in [2.24, 2.45) is 5.73 Å². The first-order chi connectivity index (χ1) is 8.08. The Bertz CT molecular complexity index is 536. The summed E-state index contributed by atoms with van der Waals surface area (Å²) in [7, 11) is 0. The average molecular weight is 296 g/mol. The van der Waals surface area contributed by atoms with Crippen LogP contribution in [0.25, 0.3) is 11.4 Å². The molecular weight excluding hydrogens is 286 g/mol. The first-order valence-corrected chi connectivity index (χ1v) is 5.72. The normalized spacial score (nSPS) is 12.4. The summed E-state index contributed by atoms with van der Waals surface area (Å²) in [5.74, 6) is -0.0321. The van der Waals surface area contributed by atoms with Crippen LogP contribution in [0.3, 0.4) is 0 Å². The van der Waals surface area contributed by atoms with Gasteiger partial charge in [0.15, 0.2) is 0 Å². The highest BCUT2D eigenvalue weighted by Crippen LogP contribution is 2.17. The van der Waals surface area contributed by atoms with E-state index >= 15 is 0 Å². The van der Waals surface area contributed by atoms with Crippen LogP contribution >= 0.6 is 15.9 Å². The minimum absolute atomic E-state index is 0.464. The molecule has 2 aromatic rings. The number of tetrazole rings is 1. The molecule has 0 saturated heterocycles. The summed E-state index contributed by atoms with van der Waals surface area (Å²) in [5, 5.41) is 11.8. The molecule has 0 aliphatic carbocycles. The number of carbonyl (C=O) groups is 1. The number of primary amides is 1. The van der Waals surface area contributed by atoms with Gasteiger partial charge in [0.2, 0.25) is 11.7 Å². The first kappa shape index (κ1) is 11.7. The molecule has 17 heavy (non-hydrogen) atoms. The molecule has 0 radical (unpaired) electrons. The Hall–Kier alpha value is -1.76. The summed E-state index contributed by atoms with van der Waals surface area (Å²) in [4.78, 5) is 12.2. The van der Waals surface area contributed by atoms with Gasteiger partial charge in [-0.1, -0.05) is 15.9 Å². The zero-order chi connectivity index (χ0) is 12.4. The quantitative estimate of drug-likeness (QED) is 0.920. The van der Waals surface area contributed by atoms with E-state index in [-0.39, 0.29) is 0 Å². The van der Waals surface area contributed by atoms with Gasteiger partial charge in [-0.25, -0.2) is 0 Å². The van der Waals surface area contributed by atoms with E-state index in [1.165, 1.54) is 4.80 Å². The summed E-state index contributed by atoms with van der Waals surface area (Å²) in [6.07, 6.45) is 0. The largest absolute Gasteiger partial charge is 0.368 e. The molecule has 1 unspecified atom stereocenters. The van der Waals surface area contributed by atoms with E-state index in [2.05, 4.69) is 31.3 Å². The van der Waals surface area contributed by atoms with Gasteiger partial charge in [-0.2, -0.15) is 4.80 Å². The third-order valence-electron chi connectivity index (χ3n) is 2.29. The van der Waals surface area contributed by atoms with Gasteiger partial charge in [0, 0.05) is 10.0 Å². The second-order valence-corrected chi connectivity index (χ2v) is 4.43. The predicted molar refractivity (Wildman–Crippen MR) is 64.9 cm³/mol. The standard InChI is InChI=1S/C10H10BrN5O/c1-6(9(12)17)16-14-10(13-15-16)7-2-4-8(11)5-3-7/h2-6H,1H3,(H2,12,17). The van der Waals surface area contributed by atoms with Crippen molar-refractivity contribution in [3.8, 4) is 11.4 Å². The molecule has 2 N–H and O–H groups in total. The zero-order valence-electron chi connectivity index (χ0n) is 9.04. The van der Waals surface area contributed by atoms with E-state index in [1.54, 1.807) is 6.92 Å². The van der Waals surface area contributed by atoms with Crippen molar-refractivity contribution in [2.75, 3.05) is 0 Å². The molecule has 1 atom stereocenters. The van der Waals surface area contributed by atoms with Gasteiger partial charge < -0.3 is 5.73 Å². The molecule has 0 bridgehead atoms. The molecule has 1 aromatic heterocycles. The van der Waals surface area contributed by atoms with Crippen LogP contribution in [-0.2, 0) is 4.79 Å². The maximum absolute atomic E-state index is 11.0. The van der Waals surface area contributed by atoms with Crippen molar-refractivity contribution in [1.82, 2.24) is 20.2 Å². The fourth-order valence-electron chi connectivity index (χ4n) is 1.22. The second-order valence-electron chi connectivity index (χ2n) is 3.52. The third-order valence-corrected chi connectivity index (χ3v) is 2.82. The fourth-order valence-corrected chi connectivity index (χ4v) is 1.48. The van der Waals surface area contributed by atoms with Gasteiger partial charge in [0.25, 0.3) is 0 Å². The van der Waals surface area contributed by atoms with E-state index in [0.717, 1.165) is 10.0 Å². The lowest BCUT2D eigenvalue weighted by atomic mass is 10.2. The van der Waals surface area contributed by atoms with Crippen LogP contribution in [0.15, 0.2) is 28.7 Å². The Kier molecular flexibility index (Phi) is 3.19. The lowest BCUT2D eigenvalue weighted by molar-refractivity contribution is -0.121. The number of hydrogen-bond acceptors (Lipinski definition) is 4. The predicted octanol–water partition coefficient (Wildman–Crippen LogP) is 1.15. The third kappa shape index (κ3) is 2.50. The minimum Gasteiger partial charge on any atom is -0.368 e. The van der Waals surface area contributed by atoms with Gasteiger partial charge in [0.1, 0.15) is 6.04 Å². The van der Waals surface area contributed by atoms with Crippen molar-refractivity contribution in [2.45, 2.75) is 13.0 Å². The molecule has 1 heterocycles. The van der Waals surface area contributed by atoms with Crippen LogP contribution in [0, 0.1) is 0 Å². The number of halogens is 1. The summed E-state index contributed by atoms with van der Waals surface area (Å²) in [6, 6.07) is 6.88. The summed E-state index contributed by atoms with van der Waals surface area (Å²) in [5.41, 5.74) is 5.99. The SMILES string of the molecule is CC(C(N)=O)n1nnc(-c2ccc(Br)cc2)n1. The summed E-state index contributed by atoms with van der Waals surface area (Å²) < 4.78 is 0.971. The van der Waals surface area contributed by atoms with Crippen molar-refractivity contribution < 1.29 is 4.79 Å². The topological polar surface area (TPSA) is 86.7 Å². The van der Waals surface area contributed by atoms with Crippen LogP contribution in [0.2, 0.25) is 0 Å². The molecule has 2 rings (SSSR count). The number of rotatable bonds is 3. The smallest absolute Gasteiger partial charge is 0.243 e. The van der Waals surface area contributed by atoms with E-state index < -0.39 is 11.9 Å². The van der Waals surface area contributed by atoms with Crippen LogP contribution in [0.1, 0.15) is 13.0 Å². The van der Waals surface area contributed by atoms with Crippen LogP contribution < -0.4 is 5.73 Å². The number of amides is 1. The Morgan fingerprint density at radius 3 is 2.65 bits per heavy atom. The number of nitrogens with two attached hydrogens (primary N) is 1. The molecule has 0 saturated carbocycles. The Morgan fingerprint density at radius 2 is 2.06 bits per heavy atom. The molecule has 1 amide bonds. The van der Waals surface area contributed by atoms with Crippen LogP contribution in [0.4, 0.5) is 0 Å². The highest BCUT2D eigenvalue weighted by Gasteiger charge is 2.15. The molecule has 7 heteroatoms. The first-order valence-electron chi connectivity index (χ1n) is 4.92. The minimum atomic E-state index is -0.605. The van der Waals surface area contributed by atoms with Crippen LogP contribution in [-0.4, -0.2) is 26.1 Å². The summed E-state index contributed by atoms with van der Waals surface area (Å²) in [6.45, 7) is 1.62. The van der Waals surface area contributed by atoms with Crippen molar-refractivity contribution in [3.05, 3.63) is 28.7 Å². The van der Waals surface area contributed by atoms with Gasteiger partial charge in [-0.05, 0) is 36.4 Å². The van der Waals surface area contributed by atoms with Crippen molar-refractivity contribution in [1.29, 1.82) is 0 Å². The molecular formula is C10H10BrN5O. The zero-order valence-corrected chi connectivity index (χ0v) is 10.6. The maximum atomic E-state index is 11.0. The van der Waals surface area contributed by atoms with E-state index in [9.17, 15) is 4.79 Å². The Morgan fingerprint density at radius 1 is 1.41 bits per heavy atom. The van der Waals surface area contributed by atoms with E-state index in [1.807, 2.05) is 24.3 Å². The van der Waals surface area contributed by atoms with E-state index in [4.69, 9.17) is 5.73 Å². The molecule has 6 nitrogen and oxygen atoms in total. The lowest BCUT2D eigenvalue weighted by Crippen LogP contribution is -2.25. The second kappa shape index (κ2) is 4.62. The fraction of sp³-hybridized carbons (Fsp3) is 0.200. The number of hydrogen-bond donors (Lipinski definition) is 1. The average Bonchev–Trinajstić information content (AvgIpc) is 2.78. The van der Waals surface area contributed by atoms with Gasteiger partial charge in [-0.15, -0.1) is 10.2 Å². The Labute approximate surface area is 106 Å². The molecule has 0 spiro atoms. The molecule has 0 aliphatic heterocycles. The lowest BCUT2D eigenvalue weighted by Gasteiger charge is -2.02. The summed E-state index contributed by atoms with van der Waals surface area (Å²) >= 11 is 3.34. The van der Waals surface area contributed by atoms with Gasteiger partial charge in [-0.3, -0.25) is 4.79 Å². The molecule has 0 fully saturated rings. The van der Waals surface area contributed by atoms with Crippen LogP contribution in [0.5, 0.6) is 0 Å². The number of benzene rings is 1. The highest BCUT2D eigenvalue weighted by atomic mass is 79.9. The van der Waals surface area contributed by atoms with Gasteiger partial charge >= 0.3 is 0 Å². The number of aromatic nitrogens is 4. The highest BCUT2D eigenvalue weighted by molar-refractivity contribution is 9.10. The number of nitrogens with zero attached hydrogens (tertiary/aromatic N) is 4. The van der Waals surface area contributed by atoms with Crippen molar-refractivity contribution >= 4 is 21.8 Å².